The van der Waals surface area contributed by atoms with E-state index in [0.717, 1.165) is 66.4 Å². The van der Waals surface area contributed by atoms with Crippen LogP contribution >= 0.6 is 0 Å². The zero-order valence-electron chi connectivity index (χ0n) is 19.8. The van der Waals surface area contributed by atoms with Gasteiger partial charge in [-0.05, 0) is 62.1 Å². The number of anilines is 1. The molecule has 1 saturated carbocycles. The number of nitrogen functional groups attached to an aromatic ring is 1. The molecule has 6 rings (SSSR count). The molecule has 3 aromatic rings. The summed E-state index contributed by atoms with van der Waals surface area (Å²) in [7, 11) is -3.18. The molecule has 0 atom stereocenters. The van der Waals surface area contributed by atoms with Gasteiger partial charge in [-0.3, -0.25) is 0 Å². The third-order valence-electron chi connectivity index (χ3n) is 7.78. The maximum Gasteiger partial charge on any atom is 0.208 e. The first-order valence-electron chi connectivity index (χ1n) is 12.3. The van der Waals surface area contributed by atoms with Crippen molar-refractivity contribution in [1.82, 2.24) is 19.3 Å². The normalized spacial score (nSPS) is 27.9. The van der Waals surface area contributed by atoms with Crippen LogP contribution in [0.3, 0.4) is 0 Å². The molecule has 0 amide bonds. The first-order valence-corrected chi connectivity index (χ1v) is 14.1. The molecule has 1 aromatic carbocycles. The van der Waals surface area contributed by atoms with Crippen LogP contribution in [0.15, 0.2) is 36.8 Å². The van der Waals surface area contributed by atoms with Crippen LogP contribution in [0.4, 0.5) is 5.82 Å². The van der Waals surface area contributed by atoms with Crippen LogP contribution in [0.2, 0.25) is 0 Å². The lowest BCUT2D eigenvalue weighted by Gasteiger charge is -2.36. The van der Waals surface area contributed by atoms with E-state index >= 15 is 0 Å². The van der Waals surface area contributed by atoms with Gasteiger partial charge in [-0.15, -0.1) is 0 Å². The highest BCUT2D eigenvalue weighted by molar-refractivity contribution is 7.88. The number of nitrogens with zero attached hydrogens (tertiary/aromatic N) is 3. The number of nitrogens with two attached hydrogens (primary N) is 1. The molecule has 2 saturated heterocycles. The molecule has 2 aliphatic heterocycles. The fraction of sp³-hybridized carbons (Fsp3) is 0.520. The van der Waals surface area contributed by atoms with Crippen LogP contribution in [0.1, 0.15) is 44.6 Å². The molecule has 186 valence electrons. The molecule has 1 aliphatic carbocycles. The first kappa shape index (κ1) is 22.8. The van der Waals surface area contributed by atoms with Gasteiger partial charge in [0.15, 0.2) is 0 Å². The largest absolute Gasteiger partial charge is 0.491 e. The van der Waals surface area contributed by atoms with E-state index in [-0.39, 0.29) is 11.6 Å². The topological polar surface area (TPSA) is 121 Å². The summed E-state index contributed by atoms with van der Waals surface area (Å²) in [6, 6.07) is 8.30. The van der Waals surface area contributed by atoms with Crippen LogP contribution < -0.4 is 15.2 Å². The van der Waals surface area contributed by atoms with Gasteiger partial charge in [0, 0.05) is 24.3 Å². The molecule has 10 heteroatoms. The predicted octanol–water partition coefficient (Wildman–Crippen LogP) is 3.27. The number of fused-ring (bicyclic) bond motifs is 3. The number of hydrogen-bond acceptors (Lipinski definition) is 7. The Kier molecular flexibility index (Phi) is 5.50. The van der Waals surface area contributed by atoms with Gasteiger partial charge in [-0.25, -0.2) is 23.1 Å². The van der Waals surface area contributed by atoms with Gasteiger partial charge in [0.25, 0.3) is 0 Å². The monoisotopic (exact) mass is 497 g/mol. The minimum Gasteiger partial charge on any atom is -0.491 e. The summed E-state index contributed by atoms with van der Waals surface area (Å²) < 4.78 is 40.0. The van der Waals surface area contributed by atoms with Crippen LogP contribution in [-0.4, -0.2) is 54.1 Å². The molecule has 0 radical (unpaired) electrons. The highest BCUT2D eigenvalue weighted by Gasteiger charge is 2.46. The number of rotatable bonds is 8. The van der Waals surface area contributed by atoms with Crippen molar-refractivity contribution in [3.8, 4) is 16.9 Å². The Morgan fingerprint density at radius 3 is 2.77 bits per heavy atom. The molecule has 2 bridgehead atoms. The van der Waals surface area contributed by atoms with Crippen molar-refractivity contribution < 1.29 is 17.9 Å². The van der Waals surface area contributed by atoms with Crippen molar-refractivity contribution in [3.63, 3.8) is 0 Å². The van der Waals surface area contributed by atoms with Gasteiger partial charge in [-0.1, -0.05) is 12.1 Å². The van der Waals surface area contributed by atoms with Crippen LogP contribution in [0.25, 0.3) is 22.2 Å². The fourth-order valence-corrected chi connectivity index (χ4v) is 6.36. The van der Waals surface area contributed by atoms with Crippen molar-refractivity contribution in [1.29, 1.82) is 0 Å². The van der Waals surface area contributed by atoms with E-state index < -0.39 is 10.0 Å². The SMILES string of the molecule is CS(=O)(=O)NCC1CC(n2cc(-c3cccc(OCC45CCC(CC4)O5)c3)c3c(N)ncnc32)C1. The Hall–Kier alpha value is -2.69. The third kappa shape index (κ3) is 4.39. The minimum atomic E-state index is -3.18. The Labute approximate surface area is 205 Å². The second kappa shape index (κ2) is 8.46. The second-order valence-electron chi connectivity index (χ2n) is 10.3. The summed E-state index contributed by atoms with van der Waals surface area (Å²) >= 11 is 0. The molecule has 0 unspecified atom stereocenters. The number of sulfonamides is 1. The summed E-state index contributed by atoms with van der Waals surface area (Å²) in [5.74, 6) is 1.56. The highest BCUT2D eigenvalue weighted by atomic mass is 32.2. The zero-order chi connectivity index (χ0) is 24.2. The molecule has 2 aromatic heterocycles. The molecule has 35 heavy (non-hydrogen) atoms. The number of hydrogen-bond donors (Lipinski definition) is 2. The highest BCUT2D eigenvalue weighted by Crippen LogP contribution is 2.45. The zero-order valence-corrected chi connectivity index (χ0v) is 20.6. The maximum absolute atomic E-state index is 11.4. The Morgan fingerprint density at radius 2 is 2.06 bits per heavy atom. The summed E-state index contributed by atoms with van der Waals surface area (Å²) in [6.07, 6.45) is 11.4. The van der Waals surface area contributed by atoms with Crippen molar-refractivity contribution in [2.24, 2.45) is 5.92 Å². The second-order valence-corrected chi connectivity index (χ2v) is 12.2. The third-order valence-corrected chi connectivity index (χ3v) is 8.48. The average Bonchev–Trinajstić information content (AvgIpc) is 3.50. The summed E-state index contributed by atoms with van der Waals surface area (Å²) in [5.41, 5.74) is 8.96. The molecule has 0 spiro atoms. The summed E-state index contributed by atoms with van der Waals surface area (Å²) in [4.78, 5) is 8.80. The molecular formula is C25H31N5O4S. The predicted molar refractivity (Wildman–Crippen MR) is 134 cm³/mol. The van der Waals surface area contributed by atoms with Crippen LogP contribution in [0, 0.1) is 5.92 Å². The first-order chi connectivity index (χ1) is 16.8. The van der Waals surface area contributed by atoms with Crippen LogP contribution in [0.5, 0.6) is 5.75 Å². The Bertz CT molecular complexity index is 1360. The van der Waals surface area contributed by atoms with Crippen molar-refractivity contribution in [2.45, 2.75) is 56.3 Å². The lowest BCUT2D eigenvalue weighted by molar-refractivity contribution is -0.0198. The molecule has 3 fully saturated rings. The van der Waals surface area contributed by atoms with E-state index in [4.69, 9.17) is 15.2 Å². The quantitative estimate of drug-likeness (QED) is 0.490. The molecule has 3 N–H and O–H groups in total. The minimum absolute atomic E-state index is 0.123. The fourth-order valence-electron chi connectivity index (χ4n) is 5.82. The Morgan fingerprint density at radius 1 is 1.26 bits per heavy atom. The van der Waals surface area contributed by atoms with E-state index in [1.807, 2.05) is 24.3 Å². The van der Waals surface area contributed by atoms with E-state index in [1.165, 1.54) is 12.6 Å². The van der Waals surface area contributed by atoms with Gasteiger partial charge in [0.05, 0.1) is 17.7 Å². The van der Waals surface area contributed by atoms with Gasteiger partial charge in [0.2, 0.25) is 10.0 Å². The van der Waals surface area contributed by atoms with Gasteiger partial charge < -0.3 is 19.8 Å². The molecular weight excluding hydrogens is 466 g/mol. The summed E-state index contributed by atoms with van der Waals surface area (Å²) in [5, 5.41) is 0.832. The number of nitrogens with one attached hydrogen (secondary N) is 1. The standard InChI is InChI=1S/C25H31N5O4S/c1-35(31,32)29-12-16-9-18(10-16)30-13-21(22-23(26)27-15-28-24(22)30)17-3-2-4-20(11-17)33-14-25-7-5-19(34-25)6-8-25/h2-4,11,13,15-16,18-19,29H,5-10,12,14H2,1H3,(H2,26,27,28). The number of benzene rings is 1. The van der Waals surface area contributed by atoms with E-state index in [2.05, 4.69) is 25.5 Å². The average molecular weight is 498 g/mol. The van der Waals surface area contributed by atoms with Gasteiger partial charge >= 0.3 is 0 Å². The number of ether oxygens (including phenoxy) is 2. The lowest BCUT2D eigenvalue weighted by Crippen LogP contribution is -2.36. The van der Waals surface area contributed by atoms with Crippen molar-refractivity contribution >= 4 is 26.9 Å². The smallest absolute Gasteiger partial charge is 0.208 e. The van der Waals surface area contributed by atoms with Gasteiger partial charge in [0.1, 0.15) is 35.7 Å². The summed E-state index contributed by atoms with van der Waals surface area (Å²) in [6.45, 7) is 1.04. The van der Waals surface area contributed by atoms with E-state index in [0.29, 0.717) is 31.0 Å². The van der Waals surface area contributed by atoms with Gasteiger partial charge in [-0.2, -0.15) is 0 Å². The van der Waals surface area contributed by atoms with Crippen LogP contribution in [-0.2, 0) is 14.8 Å². The van der Waals surface area contributed by atoms with Crippen molar-refractivity contribution in [3.05, 3.63) is 36.8 Å². The van der Waals surface area contributed by atoms with Crippen molar-refractivity contribution in [2.75, 3.05) is 25.1 Å². The lowest BCUT2D eigenvalue weighted by atomic mass is 9.80. The number of aromatic nitrogens is 3. The van der Waals surface area contributed by atoms with E-state index in [9.17, 15) is 8.42 Å². The maximum atomic E-state index is 11.4. The molecule has 3 aliphatic rings. The molecule has 9 nitrogen and oxygen atoms in total. The molecule has 4 heterocycles. The Balaban J connectivity index is 1.24. The van der Waals surface area contributed by atoms with E-state index in [1.54, 1.807) is 0 Å².